The van der Waals surface area contributed by atoms with Crippen LogP contribution in [0.4, 0.5) is 0 Å². The molecule has 0 radical (unpaired) electrons. The van der Waals surface area contributed by atoms with Crippen molar-refractivity contribution in [2.24, 2.45) is 5.41 Å². The molecule has 0 aromatic heterocycles. The molecule has 0 aliphatic heterocycles. The Bertz CT molecular complexity index is 233. The fourth-order valence-electron chi connectivity index (χ4n) is 2.07. The van der Waals surface area contributed by atoms with Gasteiger partial charge in [0.1, 0.15) is 11.7 Å². The molecule has 0 amide bonds. The van der Waals surface area contributed by atoms with Crippen LogP contribution in [-0.4, -0.2) is 35.1 Å². The Kier molecular flexibility index (Phi) is 3.04. The van der Waals surface area contributed by atoms with E-state index in [-0.39, 0.29) is 5.41 Å². The molecule has 1 rings (SSSR count). The largest absolute Gasteiger partial charge is 0.390 e. The number of rotatable bonds is 2. The summed E-state index contributed by atoms with van der Waals surface area (Å²) in [4.78, 5) is 0. The Morgan fingerprint density at radius 3 is 2.50 bits per heavy atom. The molecule has 3 nitrogen and oxygen atoms in total. The predicted molar refractivity (Wildman–Crippen MR) is 55.0 cm³/mol. The number of aliphatic hydroxyl groups is 2. The molecule has 0 heterocycles. The van der Waals surface area contributed by atoms with Gasteiger partial charge in [0.2, 0.25) is 0 Å². The fourth-order valence-corrected chi connectivity index (χ4v) is 2.07. The smallest absolute Gasteiger partial charge is 0.121 e. The lowest BCUT2D eigenvalue weighted by atomic mass is 9.71. The van der Waals surface area contributed by atoms with E-state index < -0.39 is 17.8 Å². The molecule has 14 heavy (non-hydrogen) atoms. The van der Waals surface area contributed by atoms with Gasteiger partial charge in [0, 0.05) is 7.11 Å². The number of methoxy groups -OCH3 is 1. The Labute approximate surface area is 85.4 Å². The molecule has 0 aromatic rings. The summed E-state index contributed by atoms with van der Waals surface area (Å²) < 4.78 is 5.16. The van der Waals surface area contributed by atoms with Gasteiger partial charge in [-0.1, -0.05) is 26.0 Å². The van der Waals surface area contributed by atoms with Crippen molar-refractivity contribution in [1.29, 1.82) is 0 Å². The summed E-state index contributed by atoms with van der Waals surface area (Å²) in [5.74, 6) is 0. The maximum Gasteiger partial charge on any atom is 0.121 e. The zero-order chi connectivity index (χ0) is 11.0. The van der Waals surface area contributed by atoms with Gasteiger partial charge < -0.3 is 14.9 Å². The molecular formula is C11H20O3. The predicted octanol–water partition coefficient (Wildman–Crippen LogP) is 1.10. The molecule has 1 aliphatic carbocycles. The van der Waals surface area contributed by atoms with Crippen molar-refractivity contribution in [2.45, 2.75) is 45.0 Å². The summed E-state index contributed by atoms with van der Waals surface area (Å²) in [6, 6.07) is 0. The molecule has 0 saturated heterocycles. The van der Waals surface area contributed by atoms with Crippen molar-refractivity contribution in [1.82, 2.24) is 0 Å². The Hall–Kier alpha value is -0.380. The summed E-state index contributed by atoms with van der Waals surface area (Å²) in [7, 11) is 1.54. The molecular weight excluding hydrogens is 180 g/mol. The van der Waals surface area contributed by atoms with Gasteiger partial charge in [-0.2, -0.15) is 0 Å². The summed E-state index contributed by atoms with van der Waals surface area (Å²) in [6.45, 7) is 5.66. The minimum absolute atomic E-state index is 0.0965. The minimum atomic E-state index is -1.17. The number of aliphatic hydroxyl groups excluding tert-OH is 1. The van der Waals surface area contributed by atoms with E-state index >= 15 is 0 Å². The molecule has 3 unspecified atom stereocenters. The maximum atomic E-state index is 10.3. The first-order chi connectivity index (χ1) is 6.32. The second-order valence-corrected chi connectivity index (χ2v) is 4.85. The molecule has 3 heteroatoms. The highest BCUT2D eigenvalue weighted by molar-refractivity contribution is 5.15. The fraction of sp³-hybridized carbons (Fsp3) is 0.818. The average Bonchev–Trinajstić information content (AvgIpc) is 2.02. The minimum Gasteiger partial charge on any atom is -0.390 e. The second-order valence-electron chi connectivity index (χ2n) is 4.85. The lowest BCUT2D eigenvalue weighted by Gasteiger charge is -2.44. The lowest BCUT2D eigenvalue weighted by molar-refractivity contribution is -0.154. The van der Waals surface area contributed by atoms with E-state index in [1.54, 1.807) is 14.0 Å². The van der Waals surface area contributed by atoms with E-state index in [2.05, 4.69) is 0 Å². The molecule has 0 saturated carbocycles. The highest BCUT2D eigenvalue weighted by Gasteiger charge is 2.46. The number of hydrogen-bond donors (Lipinski definition) is 2. The molecule has 1 aliphatic rings. The normalized spacial score (nSPS) is 38.3. The zero-order valence-corrected chi connectivity index (χ0v) is 9.32. The lowest BCUT2D eigenvalue weighted by Crippen LogP contribution is -2.55. The van der Waals surface area contributed by atoms with Gasteiger partial charge in [-0.05, 0) is 18.8 Å². The molecule has 0 spiro atoms. The van der Waals surface area contributed by atoms with Crippen LogP contribution in [0.1, 0.15) is 27.2 Å². The summed E-state index contributed by atoms with van der Waals surface area (Å²) in [6.07, 6.45) is 3.15. The van der Waals surface area contributed by atoms with Crippen molar-refractivity contribution < 1.29 is 14.9 Å². The van der Waals surface area contributed by atoms with Gasteiger partial charge in [0.05, 0.1) is 6.10 Å². The van der Waals surface area contributed by atoms with Crippen LogP contribution < -0.4 is 0 Å². The summed E-state index contributed by atoms with van der Waals surface area (Å²) in [5, 5.41) is 19.9. The number of hydrogen-bond acceptors (Lipinski definition) is 3. The van der Waals surface area contributed by atoms with Crippen LogP contribution >= 0.6 is 0 Å². The van der Waals surface area contributed by atoms with Gasteiger partial charge in [-0.25, -0.2) is 0 Å². The van der Waals surface area contributed by atoms with Gasteiger partial charge in [0.25, 0.3) is 0 Å². The third-order valence-electron chi connectivity index (χ3n) is 2.93. The van der Waals surface area contributed by atoms with Crippen LogP contribution in [0.2, 0.25) is 0 Å². The van der Waals surface area contributed by atoms with E-state index in [1.807, 2.05) is 26.0 Å². The van der Waals surface area contributed by atoms with E-state index in [0.29, 0.717) is 6.42 Å². The highest BCUT2D eigenvalue weighted by Crippen LogP contribution is 2.39. The van der Waals surface area contributed by atoms with Crippen LogP contribution in [0.15, 0.2) is 12.2 Å². The number of allylic oxidation sites excluding steroid dienone is 1. The van der Waals surface area contributed by atoms with E-state index in [4.69, 9.17) is 4.74 Å². The molecule has 2 N–H and O–H groups in total. The third kappa shape index (κ3) is 2.00. The van der Waals surface area contributed by atoms with Gasteiger partial charge in [-0.3, -0.25) is 0 Å². The van der Waals surface area contributed by atoms with Crippen LogP contribution in [0, 0.1) is 5.41 Å². The van der Waals surface area contributed by atoms with Crippen LogP contribution in [0.5, 0.6) is 0 Å². The second kappa shape index (κ2) is 3.65. The quantitative estimate of drug-likeness (QED) is 0.656. The van der Waals surface area contributed by atoms with Gasteiger partial charge in [0.15, 0.2) is 0 Å². The van der Waals surface area contributed by atoms with Crippen LogP contribution in [0.3, 0.4) is 0 Å². The van der Waals surface area contributed by atoms with Gasteiger partial charge >= 0.3 is 0 Å². The zero-order valence-electron chi connectivity index (χ0n) is 9.32. The molecule has 0 fully saturated rings. The van der Waals surface area contributed by atoms with Crippen molar-refractivity contribution in [2.75, 3.05) is 7.11 Å². The van der Waals surface area contributed by atoms with Gasteiger partial charge in [-0.15, -0.1) is 0 Å². The topological polar surface area (TPSA) is 49.7 Å². The summed E-state index contributed by atoms with van der Waals surface area (Å²) in [5.41, 5.74) is -1.27. The van der Waals surface area contributed by atoms with E-state index in [9.17, 15) is 10.2 Å². The average molecular weight is 200 g/mol. The SMILES string of the molecule is COC1C=CC(C)(C)CC1(O)C(C)O. The van der Waals surface area contributed by atoms with E-state index in [0.717, 1.165) is 0 Å². The Balaban J connectivity index is 2.98. The molecule has 82 valence electrons. The molecule has 0 bridgehead atoms. The van der Waals surface area contributed by atoms with Crippen molar-refractivity contribution in [3.05, 3.63) is 12.2 Å². The first-order valence-corrected chi connectivity index (χ1v) is 4.94. The third-order valence-corrected chi connectivity index (χ3v) is 2.93. The summed E-state index contributed by atoms with van der Waals surface area (Å²) >= 11 is 0. The van der Waals surface area contributed by atoms with E-state index in [1.165, 1.54) is 0 Å². The highest BCUT2D eigenvalue weighted by atomic mass is 16.5. The maximum absolute atomic E-state index is 10.3. The Morgan fingerprint density at radius 2 is 2.07 bits per heavy atom. The molecule has 3 atom stereocenters. The van der Waals surface area contributed by atoms with Crippen molar-refractivity contribution in [3.63, 3.8) is 0 Å². The van der Waals surface area contributed by atoms with Crippen LogP contribution in [-0.2, 0) is 4.74 Å². The number of ether oxygens (including phenoxy) is 1. The Morgan fingerprint density at radius 1 is 1.50 bits per heavy atom. The van der Waals surface area contributed by atoms with Crippen LogP contribution in [0.25, 0.3) is 0 Å². The monoisotopic (exact) mass is 200 g/mol. The standard InChI is InChI=1S/C11H20O3/c1-8(12)11(13)7-10(2,3)6-5-9(11)14-4/h5-6,8-9,12-13H,7H2,1-4H3. The first kappa shape index (κ1) is 11.7. The van der Waals surface area contributed by atoms with Crippen molar-refractivity contribution >= 4 is 0 Å². The molecule has 0 aromatic carbocycles. The van der Waals surface area contributed by atoms with Crippen molar-refractivity contribution in [3.8, 4) is 0 Å². The first-order valence-electron chi connectivity index (χ1n) is 4.94.